The second-order valence-electron chi connectivity index (χ2n) is 14.4. The minimum atomic E-state index is -1.54. The first-order valence-corrected chi connectivity index (χ1v) is 21.1. The van der Waals surface area contributed by atoms with Crippen LogP contribution in [0.3, 0.4) is 0 Å². The highest BCUT2D eigenvalue weighted by atomic mass is 16.7. The maximum atomic E-state index is 12.7. The number of aliphatic hydroxyl groups excluding tert-OH is 4. The van der Waals surface area contributed by atoms with Gasteiger partial charge in [0, 0.05) is 13.0 Å². The van der Waals surface area contributed by atoms with Crippen LogP contribution in [-0.4, -0.2) is 89.6 Å². The molecule has 1 saturated heterocycles. The molecule has 0 aromatic rings. The van der Waals surface area contributed by atoms with Crippen LogP contribution in [-0.2, 0) is 23.7 Å². The van der Waals surface area contributed by atoms with Crippen LogP contribution in [0.4, 0.5) is 0 Å². The van der Waals surface area contributed by atoms with E-state index in [2.05, 4.69) is 50.3 Å². The molecule has 1 fully saturated rings. The van der Waals surface area contributed by atoms with Gasteiger partial charge in [-0.15, -0.1) is 0 Å². The van der Waals surface area contributed by atoms with Crippen molar-refractivity contribution in [1.82, 2.24) is 0 Å². The quantitative estimate of drug-likeness (QED) is 0.0286. The molecule has 0 aromatic heterocycles. The summed E-state index contributed by atoms with van der Waals surface area (Å²) in [5.74, 6) is -0.322. The van der Waals surface area contributed by atoms with E-state index in [9.17, 15) is 25.2 Å². The van der Waals surface area contributed by atoms with Gasteiger partial charge in [-0.25, -0.2) is 0 Å². The summed E-state index contributed by atoms with van der Waals surface area (Å²) in [6, 6.07) is 0. The third-order valence-electron chi connectivity index (χ3n) is 9.57. The van der Waals surface area contributed by atoms with Crippen molar-refractivity contribution in [2.75, 3.05) is 26.4 Å². The third-order valence-corrected chi connectivity index (χ3v) is 9.57. The molecule has 0 aromatic carbocycles. The van der Waals surface area contributed by atoms with Crippen molar-refractivity contribution >= 4 is 5.97 Å². The lowest BCUT2D eigenvalue weighted by molar-refractivity contribution is -0.305. The normalized spacial score (nSPS) is 21.5. The van der Waals surface area contributed by atoms with Crippen molar-refractivity contribution < 1.29 is 44.2 Å². The fraction of sp³-hybridized carbons (Fsp3) is 0.837. The van der Waals surface area contributed by atoms with Crippen LogP contribution in [0.5, 0.6) is 0 Å². The summed E-state index contributed by atoms with van der Waals surface area (Å²) in [5, 5.41) is 40.0. The molecule has 6 unspecified atom stereocenters. The molecule has 1 aliphatic rings. The number of ether oxygens (including phenoxy) is 4. The Bertz CT molecular complexity index is 890. The molecule has 52 heavy (non-hydrogen) atoms. The number of esters is 1. The maximum absolute atomic E-state index is 12.7. The highest BCUT2D eigenvalue weighted by Crippen LogP contribution is 2.22. The molecule has 0 saturated carbocycles. The Labute approximate surface area is 317 Å². The van der Waals surface area contributed by atoms with E-state index in [1.54, 1.807) is 0 Å². The molecule has 1 rings (SSSR count). The molecule has 1 heterocycles. The van der Waals surface area contributed by atoms with E-state index in [1.165, 1.54) is 77.0 Å². The second kappa shape index (κ2) is 35.1. The summed E-state index contributed by atoms with van der Waals surface area (Å²) >= 11 is 0. The third kappa shape index (κ3) is 26.2. The van der Waals surface area contributed by atoms with Crippen LogP contribution in [0.25, 0.3) is 0 Å². The number of unbranched alkanes of at least 4 members (excludes halogenated alkanes) is 18. The Morgan fingerprint density at radius 2 is 1.17 bits per heavy atom. The lowest BCUT2D eigenvalue weighted by Gasteiger charge is -2.39. The minimum Gasteiger partial charge on any atom is -0.457 e. The number of carbonyl (C=O) groups excluding carboxylic acids is 1. The Hall–Kier alpha value is -1.59. The molecular weight excluding hydrogens is 660 g/mol. The molecule has 0 radical (unpaired) electrons. The predicted octanol–water partition coefficient (Wildman–Crippen LogP) is 8.80. The molecule has 4 N–H and O–H groups in total. The van der Waals surface area contributed by atoms with E-state index in [-0.39, 0.29) is 19.2 Å². The van der Waals surface area contributed by atoms with Gasteiger partial charge in [-0.3, -0.25) is 4.79 Å². The van der Waals surface area contributed by atoms with Gasteiger partial charge in [0.15, 0.2) is 6.29 Å². The summed E-state index contributed by atoms with van der Waals surface area (Å²) in [6.07, 6.45) is 33.1. The summed E-state index contributed by atoms with van der Waals surface area (Å²) in [7, 11) is 0. The summed E-state index contributed by atoms with van der Waals surface area (Å²) in [4.78, 5) is 12.7. The topological polar surface area (TPSA) is 135 Å². The van der Waals surface area contributed by atoms with E-state index in [0.717, 1.165) is 70.6 Å². The van der Waals surface area contributed by atoms with Gasteiger partial charge in [0.25, 0.3) is 0 Å². The number of carbonyl (C=O) groups is 1. The molecule has 0 spiro atoms. The predicted molar refractivity (Wildman–Crippen MR) is 210 cm³/mol. The van der Waals surface area contributed by atoms with Gasteiger partial charge < -0.3 is 39.4 Å². The lowest BCUT2D eigenvalue weighted by atomic mass is 9.99. The lowest BCUT2D eigenvalue weighted by Crippen LogP contribution is -2.59. The highest BCUT2D eigenvalue weighted by molar-refractivity contribution is 5.69. The Balaban J connectivity index is 2.30. The largest absolute Gasteiger partial charge is 0.457 e. The SMILES string of the molecule is CC/C=C\C/C=C\C/C=C\CCCCCCOCC(COC1OC(CO)C(O)C(O)C1O)OC(=O)CCCCCCCCCCCCCCCCC. The average molecular weight is 739 g/mol. The van der Waals surface area contributed by atoms with Gasteiger partial charge in [0.2, 0.25) is 0 Å². The molecule has 0 bridgehead atoms. The first-order valence-electron chi connectivity index (χ1n) is 21.1. The zero-order valence-corrected chi connectivity index (χ0v) is 33.1. The second-order valence-corrected chi connectivity index (χ2v) is 14.4. The zero-order chi connectivity index (χ0) is 37.9. The molecule has 9 nitrogen and oxygen atoms in total. The number of aliphatic hydroxyl groups is 4. The van der Waals surface area contributed by atoms with Gasteiger partial charge >= 0.3 is 5.97 Å². The van der Waals surface area contributed by atoms with Crippen LogP contribution in [0, 0.1) is 0 Å². The van der Waals surface area contributed by atoms with E-state index in [0.29, 0.717) is 13.0 Å². The van der Waals surface area contributed by atoms with Crippen molar-refractivity contribution in [3.63, 3.8) is 0 Å². The number of allylic oxidation sites excluding steroid dienone is 6. The maximum Gasteiger partial charge on any atom is 0.306 e. The molecular formula is C43H78O9. The summed E-state index contributed by atoms with van der Waals surface area (Å²) in [5.41, 5.74) is 0. The van der Waals surface area contributed by atoms with Crippen LogP contribution < -0.4 is 0 Å². The minimum absolute atomic E-state index is 0.121. The van der Waals surface area contributed by atoms with Gasteiger partial charge in [-0.05, 0) is 44.9 Å². The first kappa shape index (κ1) is 48.4. The van der Waals surface area contributed by atoms with Crippen LogP contribution >= 0.6 is 0 Å². The monoisotopic (exact) mass is 739 g/mol. The van der Waals surface area contributed by atoms with Crippen molar-refractivity contribution in [3.8, 4) is 0 Å². The van der Waals surface area contributed by atoms with E-state index in [4.69, 9.17) is 18.9 Å². The molecule has 6 atom stereocenters. The first-order chi connectivity index (χ1) is 25.4. The summed E-state index contributed by atoms with van der Waals surface area (Å²) in [6.45, 7) is 4.40. The van der Waals surface area contributed by atoms with Crippen molar-refractivity contribution in [3.05, 3.63) is 36.5 Å². The molecule has 1 aliphatic heterocycles. The standard InChI is InChI=1S/C43H78O9/c1-3-5-7-9-11-13-15-17-19-20-22-24-26-28-30-32-39(45)51-37(36-50-43-42(48)41(47)40(46)38(34-44)52-43)35-49-33-31-29-27-25-23-21-18-16-14-12-10-8-6-4-2/h6,8,12,14,18,21,37-38,40-44,46-48H,3-5,7,9-11,13,15-17,19-20,22-36H2,1-2H3/b8-6-,14-12-,21-18-. The fourth-order valence-corrected chi connectivity index (χ4v) is 6.27. The Morgan fingerprint density at radius 1 is 0.635 bits per heavy atom. The molecule has 0 aliphatic carbocycles. The van der Waals surface area contributed by atoms with E-state index in [1.807, 2.05) is 0 Å². The number of rotatable bonds is 35. The number of hydrogen-bond donors (Lipinski definition) is 4. The van der Waals surface area contributed by atoms with E-state index >= 15 is 0 Å². The van der Waals surface area contributed by atoms with Gasteiger partial charge in [-0.2, -0.15) is 0 Å². The average Bonchev–Trinajstić information content (AvgIpc) is 3.14. The Morgan fingerprint density at radius 3 is 1.77 bits per heavy atom. The Kier molecular flexibility index (Phi) is 32.7. The van der Waals surface area contributed by atoms with Crippen molar-refractivity contribution in [1.29, 1.82) is 0 Å². The van der Waals surface area contributed by atoms with E-state index < -0.39 is 43.4 Å². The summed E-state index contributed by atoms with van der Waals surface area (Å²) < 4.78 is 22.7. The molecule has 304 valence electrons. The zero-order valence-electron chi connectivity index (χ0n) is 33.1. The smallest absolute Gasteiger partial charge is 0.306 e. The van der Waals surface area contributed by atoms with Gasteiger partial charge in [-0.1, -0.05) is 153 Å². The van der Waals surface area contributed by atoms with Crippen molar-refractivity contribution in [2.45, 2.75) is 205 Å². The van der Waals surface area contributed by atoms with Crippen molar-refractivity contribution in [2.24, 2.45) is 0 Å². The molecule has 9 heteroatoms. The van der Waals surface area contributed by atoms with Crippen LogP contribution in [0.15, 0.2) is 36.5 Å². The van der Waals surface area contributed by atoms with Crippen LogP contribution in [0.2, 0.25) is 0 Å². The number of hydrogen-bond acceptors (Lipinski definition) is 9. The highest BCUT2D eigenvalue weighted by Gasteiger charge is 2.44. The molecule has 0 amide bonds. The van der Waals surface area contributed by atoms with Gasteiger partial charge in [0.1, 0.15) is 30.5 Å². The fourth-order valence-electron chi connectivity index (χ4n) is 6.27. The van der Waals surface area contributed by atoms with Crippen LogP contribution in [0.1, 0.15) is 168 Å². The van der Waals surface area contributed by atoms with Gasteiger partial charge in [0.05, 0.1) is 19.8 Å².